The van der Waals surface area contributed by atoms with Crippen LogP contribution in [-0.4, -0.2) is 146 Å². The highest BCUT2D eigenvalue weighted by Gasteiger charge is 2.63. The number of aliphatic hydroxyl groups is 1. The minimum Gasteiger partial charge on any atom is -0.447 e. The number of hydrogen-bond donors (Lipinski definition) is 4. The third-order valence-corrected chi connectivity index (χ3v) is 14.5. The van der Waals surface area contributed by atoms with Gasteiger partial charge < -0.3 is 73.2 Å². The number of carbonyl (C=O) groups is 4. The number of rotatable bonds is 10. The Kier molecular flexibility index (Phi) is 13.2. The first-order chi connectivity index (χ1) is 32.4. The molecule has 0 radical (unpaired) electrons. The van der Waals surface area contributed by atoms with Crippen molar-refractivity contribution in [3.63, 3.8) is 0 Å². The number of alkyl carbamates (subject to hydrolysis) is 3. The Morgan fingerprint density at radius 3 is 2.09 bits per heavy atom. The van der Waals surface area contributed by atoms with Gasteiger partial charge in [0, 0.05) is 31.7 Å². The van der Waals surface area contributed by atoms with E-state index in [1.807, 2.05) is 67.6 Å². The number of nitrogens with one attached hydrogen (secondary N) is 3. The molecule has 2 saturated carbocycles. The van der Waals surface area contributed by atoms with Crippen molar-refractivity contribution >= 4 is 24.4 Å². The molecule has 8 fully saturated rings. The number of cyclic esters (lactones) is 1. The molecule has 20 nitrogen and oxygen atoms in total. The average Bonchev–Trinajstić information content (AvgIpc) is 3.85. The van der Waals surface area contributed by atoms with Gasteiger partial charge in [-0.25, -0.2) is 19.2 Å². The Morgan fingerprint density at radius 1 is 0.761 bits per heavy atom. The summed E-state index contributed by atoms with van der Waals surface area (Å²) >= 11 is 0. The summed E-state index contributed by atoms with van der Waals surface area (Å²) in [5.41, 5.74) is 1.63. The van der Waals surface area contributed by atoms with Crippen molar-refractivity contribution in [3.8, 4) is 0 Å². The Balaban J connectivity index is 0.884. The number of ether oxygens (including phenoxy) is 11. The minimum absolute atomic E-state index is 0.0273. The maximum absolute atomic E-state index is 13.7. The second kappa shape index (κ2) is 19.3. The number of nitrogens with zero attached hydrogens (tertiary/aromatic N) is 1. The van der Waals surface area contributed by atoms with Crippen LogP contribution in [0.3, 0.4) is 0 Å². The predicted molar refractivity (Wildman–Crippen MR) is 228 cm³/mol. The fraction of sp³-hybridized carbons (Fsp3) is 0.660. The molecule has 2 aromatic carbocycles. The second-order valence-corrected chi connectivity index (χ2v) is 19.1. The number of likely N-dealkylation sites (N-methyl/N-ethyl adjacent to an activating group) is 1. The molecule has 0 bridgehead atoms. The molecule has 4 N–H and O–H groups in total. The summed E-state index contributed by atoms with van der Waals surface area (Å²) in [5.74, 6) is -1.84. The second-order valence-electron chi connectivity index (χ2n) is 19.1. The molecule has 2 aromatic rings. The summed E-state index contributed by atoms with van der Waals surface area (Å²) in [7, 11) is 1.59. The number of amides is 4. The minimum atomic E-state index is -1.04. The average molecular weight is 937 g/mol. The van der Waals surface area contributed by atoms with E-state index in [-0.39, 0.29) is 32.2 Å². The molecule has 20 heteroatoms. The molecule has 10 rings (SSSR count). The monoisotopic (exact) mass is 936 g/mol. The van der Waals surface area contributed by atoms with Crippen LogP contribution in [0.4, 0.5) is 19.2 Å². The quantitative estimate of drug-likeness (QED) is 0.247. The Hall–Kier alpha value is -4.80. The smallest absolute Gasteiger partial charge is 0.410 e. The van der Waals surface area contributed by atoms with Gasteiger partial charge in [-0.05, 0) is 36.8 Å². The highest BCUT2D eigenvalue weighted by atomic mass is 16.8. The van der Waals surface area contributed by atoms with E-state index in [1.54, 1.807) is 14.0 Å². The van der Waals surface area contributed by atoms with E-state index in [9.17, 15) is 24.3 Å². The van der Waals surface area contributed by atoms with Gasteiger partial charge in [-0.2, -0.15) is 0 Å². The summed E-state index contributed by atoms with van der Waals surface area (Å²) in [4.78, 5) is 53.8. The van der Waals surface area contributed by atoms with E-state index in [0.29, 0.717) is 19.3 Å². The zero-order valence-corrected chi connectivity index (χ0v) is 37.7. The molecule has 9 unspecified atom stereocenters. The van der Waals surface area contributed by atoms with Gasteiger partial charge in [0.2, 0.25) is 0 Å². The summed E-state index contributed by atoms with van der Waals surface area (Å²) < 4.78 is 69.5. The predicted octanol–water partition coefficient (Wildman–Crippen LogP) is 3.95. The van der Waals surface area contributed by atoms with Gasteiger partial charge in [-0.3, -0.25) is 4.90 Å². The number of carbonyl (C=O) groups excluding carboxylic acids is 4. The Morgan fingerprint density at radius 2 is 1.40 bits per heavy atom. The number of benzene rings is 2. The zero-order chi connectivity index (χ0) is 46.4. The summed E-state index contributed by atoms with van der Waals surface area (Å²) in [6.07, 6.45) is -7.13. The fourth-order valence-electron chi connectivity index (χ4n) is 10.9. The lowest BCUT2D eigenvalue weighted by atomic mass is 9.83. The van der Waals surface area contributed by atoms with E-state index < -0.39 is 128 Å². The van der Waals surface area contributed by atoms with Crippen LogP contribution in [0.15, 0.2) is 60.7 Å². The fourth-order valence-corrected chi connectivity index (χ4v) is 10.9. The number of fused-ring (bicyclic) bond motifs is 5. The standard InChI is InChI=1S/C47H60N4O16/c1-24-19-30-37(38-33(51(3)46(56)64-38)42(60-30)65-41-25(2)34(52)32-31(61-41)23-59-45(55)50-32)63-40(24)62-35-28(48-43(53)57-21-26-13-7-4-8-14-26)20-29(49-44(54)58-22-27-15-9-5-10-16-27)36-39(35)67-47(66-36)17-11-6-12-18-47/h4-5,7-10,13-16,24-25,28-42,52H,6,11-12,17-23H2,1-3H3,(H,48,53)(H,49,54)(H,50,55)/t24?,25-,28?,29-,30+,31?,32-,33?,34?,35-,36?,37?,38?,39+,40+,41-,42?/m1/s1. The van der Waals surface area contributed by atoms with Gasteiger partial charge in [0.25, 0.3) is 0 Å². The van der Waals surface area contributed by atoms with Crippen molar-refractivity contribution < 1.29 is 76.4 Å². The van der Waals surface area contributed by atoms with Crippen molar-refractivity contribution in [2.24, 2.45) is 11.8 Å². The molecule has 364 valence electrons. The molecule has 67 heavy (non-hydrogen) atoms. The SMILES string of the molecule is CC1C[C@@H]2OC(O[C@H]3OC4COC(=O)N[C@H]4C(O)[C@H]3C)C3C(OC(=O)N3C)C2O[C@@H]1O[C@@H]1C(NC(=O)OCc2ccccc2)C[C@@H](NC(=O)OCc2ccccc2)C2OC3(CCCCC3)O[C@H]21. The highest BCUT2D eigenvalue weighted by Crippen LogP contribution is 2.48. The van der Waals surface area contributed by atoms with Gasteiger partial charge in [0.15, 0.2) is 30.8 Å². The van der Waals surface area contributed by atoms with Crippen LogP contribution in [0.25, 0.3) is 0 Å². The van der Waals surface area contributed by atoms with Crippen molar-refractivity contribution in [2.75, 3.05) is 13.7 Å². The molecule has 6 saturated heterocycles. The summed E-state index contributed by atoms with van der Waals surface area (Å²) in [6.45, 7) is 3.72. The number of hydrogen-bond acceptors (Lipinski definition) is 16. The Bertz CT molecular complexity index is 2080. The van der Waals surface area contributed by atoms with E-state index in [4.69, 9.17) is 52.1 Å². The first kappa shape index (κ1) is 46.0. The maximum Gasteiger partial charge on any atom is 0.410 e. The molecule has 1 spiro atoms. The molecular formula is C47H60N4O16. The largest absolute Gasteiger partial charge is 0.447 e. The topological polar surface area (TPSA) is 229 Å². The maximum atomic E-state index is 13.7. The van der Waals surface area contributed by atoms with Gasteiger partial charge >= 0.3 is 24.4 Å². The lowest BCUT2D eigenvalue weighted by Crippen LogP contribution is -2.68. The van der Waals surface area contributed by atoms with Crippen LogP contribution < -0.4 is 16.0 Å². The van der Waals surface area contributed by atoms with Crippen molar-refractivity contribution in [3.05, 3.63) is 71.8 Å². The van der Waals surface area contributed by atoms with Crippen LogP contribution in [0, 0.1) is 11.8 Å². The van der Waals surface area contributed by atoms with Crippen LogP contribution in [-0.2, 0) is 65.3 Å². The van der Waals surface area contributed by atoms with E-state index in [1.165, 1.54) is 4.90 Å². The van der Waals surface area contributed by atoms with Gasteiger partial charge in [0.1, 0.15) is 56.4 Å². The molecule has 17 atom stereocenters. The summed E-state index contributed by atoms with van der Waals surface area (Å²) in [6, 6.07) is 15.8. The van der Waals surface area contributed by atoms with E-state index in [0.717, 1.165) is 30.4 Å². The first-order valence-electron chi connectivity index (χ1n) is 23.5. The lowest BCUT2D eigenvalue weighted by molar-refractivity contribution is -0.371. The molecule has 0 aromatic heterocycles. The molecule has 4 amide bonds. The third kappa shape index (κ3) is 9.51. The van der Waals surface area contributed by atoms with Crippen molar-refractivity contribution in [2.45, 2.75) is 170 Å². The van der Waals surface area contributed by atoms with Crippen LogP contribution in [0.1, 0.15) is 69.9 Å². The van der Waals surface area contributed by atoms with Crippen molar-refractivity contribution in [1.29, 1.82) is 0 Å². The first-order valence-corrected chi connectivity index (χ1v) is 23.5. The highest BCUT2D eigenvalue weighted by molar-refractivity contribution is 5.71. The summed E-state index contributed by atoms with van der Waals surface area (Å²) in [5, 5.41) is 19.9. The molecule has 6 aliphatic heterocycles. The van der Waals surface area contributed by atoms with E-state index >= 15 is 0 Å². The molecule has 8 aliphatic rings. The van der Waals surface area contributed by atoms with Gasteiger partial charge in [0.05, 0.1) is 30.3 Å². The van der Waals surface area contributed by atoms with Crippen LogP contribution in [0.2, 0.25) is 0 Å². The number of aliphatic hydroxyl groups excluding tert-OH is 1. The molecule has 6 heterocycles. The van der Waals surface area contributed by atoms with Gasteiger partial charge in [-0.15, -0.1) is 0 Å². The molecule has 2 aliphatic carbocycles. The zero-order valence-electron chi connectivity index (χ0n) is 37.7. The van der Waals surface area contributed by atoms with Gasteiger partial charge in [-0.1, -0.05) is 80.9 Å². The van der Waals surface area contributed by atoms with E-state index in [2.05, 4.69) is 16.0 Å². The lowest BCUT2D eigenvalue weighted by Gasteiger charge is -2.51. The van der Waals surface area contributed by atoms with Crippen molar-refractivity contribution in [1.82, 2.24) is 20.9 Å². The van der Waals surface area contributed by atoms with Crippen LogP contribution in [0.5, 0.6) is 0 Å². The van der Waals surface area contributed by atoms with Crippen LogP contribution >= 0.6 is 0 Å². The third-order valence-electron chi connectivity index (χ3n) is 14.5. The molecular weight excluding hydrogens is 877 g/mol. The Labute approximate surface area is 387 Å². The normalized spacial score (nSPS) is 39.6.